The molecular weight excluding hydrogens is 298 g/mol. The van der Waals surface area contributed by atoms with Crippen LogP contribution in [0.1, 0.15) is 24.5 Å². The zero-order valence-electron chi connectivity index (χ0n) is 12.4. The minimum atomic E-state index is -3.46. The fourth-order valence-corrected chi connectivity index (χ4v) is 4.09. The first-order valence-electron chi connectivity index (χ1n) is 7.33. The molecule has 1 aromatic heterocycles. The van der Waals surface area contributed by atoms with E-state index in [0.29, 0.717) is 17.9 Å². The molecule has 116 valence electrons. The Kier molecular flexibility index (Phi) is 4.13. The summed E-state index contributed by atoms with van der Waals surface area (Å²) < 4.78 is 29.5. The standard InChI is InChI=1S/C16H19N3O2S/c1-13(12-19-10-4-9-17-19)18-22(20,21)16-8-7-14-5-2-3-6-15(14)11-16/h2-6,9-11,13,18H,7-8,12H2,1H3/t13-/m0/s1. The monoisotopic (exact) mass is 317 g/mol. The van der Waals surface area contributed by atoms with E-state index in [9.17, 15) is 8.42 Å². The van der Waals surface area contributed by atoms with Crippen LogP contribution in [0.3, 0.4) is 0 Å². The number of fused-ring (bicyclic) bond motifs is 1. The average molecular weight is 317 g/mol. The first-order chi connectivity index (χ1) is 10.5. The number of hydrogen-bond acceptors (Lipinski definition) is 3. The second-order valence-electron chi connectivity index (χ2n) is 5.56. The van der Waals surface area contributed by atoms with Crippen molar-refractivity contribution in [2.75, 3.05) is 0 Å². The molecule has 22 heavy (non-hydrogen) atoms. The molecule has 1 N–H and O–H groups in total. The van der Waals surface area contributed by atoms with Crippen LogP contribution in [0.15, 0.2) is 47.6 Å². The van der Waals surface area contributed by atoms with Gasteiger partial charge in [0.25, 0.3) is 0 Å². The van der Waals surface area contributed by atoms with Crippen molar-refractivity contribution in [3.8, 4) is 0 Å². The van der Waals surface area contributed by atoms with Crippen LogP contribution in [0, 0.1) is 0 Å². The lowest BCUT2D eigenvalue weighted by molar-refractivity contribution is 0.495. The molecule has 1 aliphatic carbocycles. The van der Waals surface area contributed by atoms with Crippen LogP contribution >= 0.6 is 0 Å². The number of benzene rings is 1. The second-order valence-corrected chi connectivity index (χ2v) is 7.33. The minimum absolute atomic E-state index is 0.219. The molecule has 0 saturated carbocycles. The number of hydrogen-bond donors (Lipinski definition) is 1. The van der Waals surface area contributed by atoms with Crippen molar-refractivity contribution in [2.24, 2.45) is 0 Å². The van der Waals surface area contributed by atoms with E-state index in [1.807, 2.05) is 43.5 Å². The van der Waals surface area contributed by atoms with Crippen LogP contribution in [0.25, 0.3) is 6.08 Å². The summed E-state index contributed by atoms with van der Waals surface area (Å²) in [6.45, 7) is 2.35. The number of aryl methyl sites for hydroxylation is 1. The number of sulfonamides is 1. The van der Waals surface area contributed by atoms with Crippen LogP contribution in [0.2, 0.25) is 0 Å². The smallest absolute Gasteiger partial charge is 0.237 e. The van der Waals surface area contributed by atoms with Gasteiger partial charge in [0.1, 0.15) is 0 Å². The van der Waals surface area contributed by atoms with Crippen molar-refractivity contribution < 1.29 is 8.42 Å². The van der Waals surface area contributed by atoms with Crippen molar-refractivity contribution >= 4 is 16.1 Å². The first kappa shape index (κ1) is 15.0. The number of nitrogens with one attached hydrogen (secondary N) is 1. The Morgan fingerprint density at radius 2 is 2.09 bits per heavy atom. The van der Waals surface area contributed by atoms with Gasteiger partial charge in [0.05, 0.1) is 11.4 Å². The van der Waals surface area contributed by atoms with Gasteiger partial charge in [-0.15, -0.1) is 0 Å². The summed E-state index contributed by atoms with van der Waals surface area (Å²) in [6.07, 6.45) is 6.59. The van der Waals surface area contributed by atoms with Gasteiger partial charge in [0.2, 0.25) is 10.0 Å². The fourth-order valence-electron chi connectivity index (χ4n) is 2.68. The third kappa shape index (κ3) is 3.28. The van der Waals surface area contributed by atoms with Crippen LogP contribution < -0.4 is 4.72 Å². The summed E-state index contributed by atoms with van der Waals surface area (Å²) in [5.74, 6) is 0. The molecule has 0 fully saturated rings. The third-order valence-corrected chi connectivity index (χ3v) is 5.46. The summed E-state index contributed by atoms with van der Waals surface area (Å²) in [5.41, 5.74) is 2.19. The molecule has 0 radical (unpaired) electrons. The molecule has 6 heteroatoms. The van der Waals surface area contributed by atoms with Gasteiger partial charge in [0.15, 0.2) is 0 Å². The van der Waals surface area contributed by atoms with Gasteiger partial charge in [-0.05, 0) is 43.0 Å². The van der Waals surface area contributed by atoms with Crippen LogP contribution in [0.4, 0.5) is 0 Å². The van der Waals surface area contributed by atoms with Gasteiger partial charge in [-0.3, -0.25) is 4.68 Å². The van der Waals surface area contributed by atoms with E-state index in [1.165, 1.54) is 5.56 Å². The molecule has 0 bridgehead atoms. The highest BCUT2D eigenvalue weighted by atomic mass is 32.2. The van der Waals surface area contributed by atoms with E-state index in [-0.39, 0.29) is 6.04 Å². The zero-order chi connectivity index (χ0) is 15.6. The number of allylic oxidation sites excluding steroid dienone is 1. The molecule has 3 rings (SSSR count). The minimum Gasteiger partial charge on any atom is -0.271 e. The normalized spacial score (nSPS) is 16.0. The highest BCUT2D eigenvalue weighted by Gasteiger charge is 2.23. The SMILES string of the molecule is C[C@@H](Cn1cccn1)NS(=O)(=O)C1=Cc2ccccc2CC1. The predicted octanol–water partition coefficient (Wildman–Crippen LogP) is 2.18. The lowest BCUT2D eigenvalue weighted by atomic mass is 9.98. The molecule has 1 aliphatic rings. The first-order valence-corrected chi connectivity index (χ1v) is 8.81. The van der Waals surface area contributed by atoms with E-state index < -0.39 is 10.0 Å². The molecule has 0 aliphatic heterocycles. The molecule has 1 aromatic carbocycles. The van der Waals surface area contributed by atoms with E-state index in [2.05, 4.69) is 9.82 Å². The van der Waals surface area contributed by atoms with E-state index >= 15 is 0 Å². The lowest BCUT2D eigenvalue weighted by Crippen LogP contribution is -2.36. The van der Waals surface area contributed by atoms with Gasteiger partial charge >= 0.3 is 0 Å². The van der Waals surface area contributed by atoms with Gasteiger partial charge in [0, 0.05) is 18.4 Å². The highest BCUT2D eigenvalue weighted by molar-refractivity contribution is 7.93. The second kappa shape index (κ2) is 6.06. The molecule has 0 saturated heterocycles. The Balaban J connectivity index is 1.75. The quantitative estimate of drug-likeness (QED) is 0.919. The summed E-state index contributed by atoms with van der Waals surface area (Å²) >= 11 is 0. The van der Waals surface area contributed by atoms with E-state index in [0.717, 1.165) is 12.0 Å². The summed E-state index contributed by atoms with van der Waals surface area (Å²) in [5, 5.41) is 4.10. The topological polar surface area (TPSA) is 64.0 Å². The average Bonchev–Trinajstić information content (AvgIpc) is 2.99. The Morgan fingerprint density at radius 3 is 2.86 bits per heavy atom. The number of nitrogens with zero attached hydrogens (tertiary/aromatic N) is 2. The fraction of sp³-hybridized carbons (Fsp3) is 0.312. The maximum absolute atomic E-state index is 12.5. The predicted molar refractivity (Wildman–Crippen MR) is 86.5 cm³/mol. The molecule has 1 atom stereocenters. The summed E-state index contributed by atoms with van der Waals surface area (Å²) in [7, 11) is -3.46. The van der Waals surface area contributed by atoms with Crippen LogP contribution in [0.5, 0.6) is 0 Å². The maximum Gasteiger partial charge on any atom is 0.237 e. The maximum atomic E-state index is 12.5. The Hall–Kier alpha value is -1.92. The Morgan fingerprint density at radius 1 is 1.27 bits per heavy atom. The van der Waals surface area contributed by atoms with Crippen molar-refractivity contribution in [3.63, 3.8) is 0 Å². The molecule has 5 nitrogen and oxygen atoms in total. The van der Waals surface area contributed by atoms with Gasteiger partial charge < -0.3 is 0 Å². The van der Waals surface area contributed by atoms with Gasteiger partial charge in [-0.25, -0.2) is 13.1 Å². The molecule has 0 amide bonds. The van der Waals surface area contributed by atoms with Crippen molar-refractivity contribution in [1.82, 2.24) is 14.5 Å². The molecule has 0 spiro atoms. The van der Waals surface area contributed by atoms with E-state index in [1.54, 1.807) is 17.0 Å². The van der Waals surface area contributed by atoms with Crippen molar-refractivity contribution in [3.05, 3.63) is 58.8 Å². The van der Waals surface area contributed by atoms with E-state index in [4.69, 9.17) is 0 Å². The van der Waals surface area contributed by atoms with Crippen molar-refractivity contribution in [1.29, 1.82) is 0 Å². The van der Waals surface area contributed by atoms with Gasteiger partial charge in [-0.1, -0.05) is 24.3 Å². The molecule has 0 unspecified atom stereocenters. The summed E-state index contributed by atoms with van der Waals surface area (Å²) in [4.78, 5) is 0.457. The largest absolute Gasteiger partial charge is 0.271 e. The highest BCUT2D eigenvalue weighted by Crippen LogP contribution is 2.26. The molecule has 1 heterocycles. The Labute approximate surface area is 130 Å². The van der Waals surface area contributed by atoms with Crippen molar-refractivity contribution in [2.45, 2.75) is 32.4 Å². The van der Waals surface area contributed by atoms with Crippen LogP contribution in [-0.2, 0) is 23.0 Å². The summed E-state index contributed by atoms with van der Waals surface area (Å²) in [6, 6.07) is 9.51. The molecular formula is C16H19N3O2S. The van der Waals surface area contributed by atoms with Gasteiger partial charge in [-0.2, -0.15) is 5.10 Å². The number of aromatic nitrogens is 2. The Bertz CT molecular complexity index is 779. The third-order valence-electron chi connectivity index (χ3n) is 3.73. The molecule has 2 aromatic rings. The lowest BCUT2D eigenvalue weighted by Gasteiger charge is -2.19. The van der Waals surface area contributed by atoms with Crippen LogP contribution in [-0.4, -0.2) is 24.2 Å². The zero-order valence-corrected chi connectivity index (χ0v) is 13.3. The number of rotatable bonds is 5.